The van der Waals surface area contributed by atoms with Crippen LogP contribution in [0.25, 0.3) is 10.2 Å². The Bertz CT molecular complexity index is 1270. The van der Waals surface area contributed by atoms with Crippen molar-refractivity contribution in [3.8, 4) is 28.9 Å². The number of hydrogen-bond acceptors (Lipinski definition) is 8. The largest absolute Gasteiger partial charge is 0.496 e. The molecule has 0 unspecified atom stereocenters. The summed E-state index contributed by atoms with van der Waals surface area (Å²) in [4.78, 5) is 17.3. The molecule has 0 atom stereocenters. The number of methoxy groups -OCH3 is 3. The smallest absolute Gasteiger partial charge is 0.291 e. The number of rotatable bonds is 7. The Morgan fingerprint density at radius 3 is 2.34 bits per heavy atom. The van der Waals surface area contributed by atoms with Crippen LogP contribution in [0.1, 0.15) is 21.1 Å². The van der Waals surface area contributed by atoms with Gasteiger partial charge in [0.15, 0.2) is 5.76 Å². The number of furan rings is 1. The molecule has 2 aromatic carbocycles. The summed E-state index contributed by atoms with van der Waals surface area (Å²) in [5, 5.41) is 3.75. The Morgan fingerprint density at radius 1 is 0.969 bits per heavy atom. The highest BCUT2D eigenvalue weighted by molar-refractivity contribution is 7.18. The van der Waals surface area contributed by atoms with E-state index in [1.165, 1.54) is 27.4 Å². The maximum atomic E-state index is 12.8. The number of ether oxygens (including phenoxy) is 4. The molecule has 0 aliphatic carbocycles. The van der Waals surface area contributed by atoms with Crippen LogP contribution in [-0.2, 0) is 0 Å². The molecule has 1 amide bonds. The van der Waals surface area contributed by atoms with Crippen molar-refractivity contribution in [3.63, 3.8) is 0 Å². The van der Waals surface area contributed by atoms with Crippen molar-refractivity contribution in [2.45, 2.75) is 13.8 Å². The quantitative estimate of drug-likeness (QED) is 0.390. The SMILES string of the molecule is COc1cc(OC)c(NC(=O)c2ccc(Oc3cc4sc(C)nc4cc3C)o2)c(OC)c1. The first-order chi connectivity index (χ1) is 15.4. The summed E-state index contributed by atoms with van der Waals surface area (Å²) in [6.45, 7) is 3.90. The average Bonchev–Trinajstić information content (AvgIpc) is 3.39. The number of benzene rings is 2. The van der Waals surface area contributed by atoms with Gasteiger partial charge in [-0.1, -0.05) is 0 Å². The molecule has 0 bridgehead atoms. The molecule has 0 saturated heterocycles. The van der Waals surface area contributed by atoms with Gasteiger partial charge in [0.2, 0.25) is 0 Å². The molecule has 0 saturated carbocycles. The van der Waals surface area contributed by atoms with Crippen molar-refractivity contribution in [1.29, 1.82) is 0 Å². The van der Waals surface area contributed by atoms with Crippen LogP contribution >= 0.6 is 11.3 Å². The van der Waals surface area contributed by atoms with Gasteiger partial charge in [-0.2, -0.15) is 0 Å². The number of anilines is 1. The molecular formula is C23H22N2O6S. The first kappa shape index (κ1) is 21.5. The molecule has 0 spiro atoms. The highest BCUT2D eigenvalue weighted by Gasteiger charge is 2.20. The van der Waals surface area contributed by atoms with Crippen LogP contribution in [0.4, 0.5) is 5.69 Å². The van der Waals surface area contributed by atoms with E-state index in [1.54, 1.807) is 29.5 Å². The third kappa shape index (κ3) is 4.19. The van der Waals surface area contributed by atoms with Gasteiger partial charge in [0.1, 0.15) is 28.7 Å². The first-order valence-electron chi connectivity index (χ1n) is 9.68. The van der Waals surface area contributed by atoms with E-state index in [2.05, 4.69) is 10.3 Å². The zero-order valence-electron chi connectivity index (χ0n) is 18.3. The summed E-state index contributed by atoms with van der Waals surface area (Å²) >= 11 is 1.59. The first-order valence-corrected chi connectivity index (χ1v) is 10.5. The van der Waals surface area contributed by atoms with Gasteiger partial charge in [-0.25, -0.2) is 4.98 Å². The van der Waals surface area contributed by atoms with E-state index in [9.17, 15) is 4.79 Å². The number of carbonyl (C=O) groups is 1. The summed E-state index contributed by atoms with van der Waals surface area (Å²) < 4.78 is 28.5. The molecule has 1 N–H and O–H groups in total. The van der Waals surface area contributed by atoms with Gasteiger partial charge in [0.05, 0.1) is 36.6 Å². The van der Waals surface area contributed by atoms with E-state index in [4.69, 9.17) is 23.4 Å². The second-order valence-corrected chi connectivity index (χ2v) is 8.13. The highest BCUT2D eigenvalue weighted by Crippen LogP contribution is 2.39. The highest BCUT2D eigenvalue weighted by atomic mass is 32.1. The van der Waals surface area contributed by atoms with Crippen molar-refractivity contribution in [3.05, 3.63) is 52.7 Å². The molecule has 9 heteroatoms. The van der Waals surface area contributed by atoms with E-state index in [0.717, 1.165) is 20.8 Å². The van der Waals surface area contributed by atoms with Crippen LogP contribution in [0.3, 0.4) is 0 Å². The molecule has 8 nitrogen and oxygen atoms in total. The monoisotopic (exact) mass is 454 g/mol. The average molecular weight is 455 g/mol. The number of aryl methyl sites for hydroxylation is 2. The fourth-order valence-electron chi connectivity index (χ4n) is 3.19. The Labute approximate surface area is 188 Å². The number of nitrogens with one attached hydrogen (secondary N) is 1. The topological polar surface area (TPSA) is 92.1 Å². The number of hydrogen-bond donors (Lipinski definition) is 1. The van der Waals surface area contributed by atoms with Crippen LogP contribution < -0.4 is 24.3 Å². The Morgan fingerprint density at radius 2 is 1.69 bits per heavy atom. The van der Waals surface area contributed by atoms with Gasteiger partial charge in [-0.3, -0.25) is 4.79 Å². The lowest BCUT2D eigenvalue weighted by atomic mass is 10.2. The fourth-order valence-corrected chi connectivity index (χ4v) is 4.03. The Hall–Kier alpha value is -3.72. The molecule has 0 fully saturated rings. The maximum Gasteiger partial charge on any atom is 0.291 e. The van der Waals surface area contributed by atoms with Crippen LogP contribution in [-0.4, -0.2) is 32.2 Å². The van der Waals surface area contributed by atoms with Gasteiger partial charge >= 0.3 is 0 Å². The summed E-state index contributed by atoms with van der Waals surface area (Å²) in [6.07, 6.45) is 0. The minimum Gasteiger partial charge on any atom is -0.496 e. The molecule has 0 aliphatic rings. The van der Waals surface area contributed by atoms with Crippen LogP contribution in [0, 0.1) is 13.8 Å². The summed E-state index contributed by atoms with van der Waals surface area (Å²) in [6, 6.07) is 10.3. The van der Waals surface area contributed by atoms with Crippen LogP contribution in [0.2, 0.25) is 0 Å². The fraction of sp³-hybridized carbons (Fsp3) is 0.217. The molecule has 0 radical (unpaired) electrons. The van der Waals surface area contributed by atoms with Crippen molar-refractivity contribution in [2.24, 2.45) is 0 Å². The number of nitrogens with zero attached hydrogens (tertiary/aromatic N) is 1. The van der Waals surface area contributed by atoms with Crippen molar-refractivity contribution in [2.75, 3.05) is 26.6 Å². The van der Waals surface area contributed by atoms with Gasteiger partial charge in [-0.05, 0) is 31.5 Å². The summed E-state index contributed by atoms with van der Waals surface area (Å²) in [7, 11) is 4.52. The molecule has 0 aliphatic heterocycles. The van der Waals surface area contributed by atoms with Crippen molar-refractivity contribution in [1.82, 2.24) is 4.98 Å². The van der Waals surface area contributed by atoms with Crippen LogP contribution in [0.15, 0.2) is 40.8 Å². The Balaban J connectivity index is 1.55. The van der Waals surface area contributed by atoms with E-state index in [0.29, 0.717) is 28.7 Å². The van der Waals surface area contributed by atoms with Crippen molar-refractivity contribution >= 4 is 33.1 Å². The minimum absolute atomic E-state index is 0.0762. The van der Waals surface area contributed by atoms with E-state index >= 15 is 0 Å². The molecule has 32 heavy (non-hydrogen) atoms. The third-order valence-electron chi connectivity index (χ3n) is 4.76. The molecular weight excluding hydrogens is 432 g/mol. The number of aromatic nitrogens is 1. The Kier molecular flexibility index (Phi) is 5.91. The zero-order chi connectivity index (χ0) is 22.8. The van der Waals surface area contributed by atoms with Gasteiger partial charge in [0, 0.05) is 24.3 Å². The number of carbonyl (C=O) groups excluding carboxylic acids is 1. The molecule has 2 heterocycles. The van der Waals surface area contributed by atoms with Crippen molar-refractivity contribution < 1.29 is 28.2 Å². The number of thiazole rings is 1. The van der Waals surface area contributed by atoms with E-state index in [1.807, 2.05) is 26.0 Å². The minimum atomic E-state index is -0.480. The maximum absolute atomic E-state index is 12.8. The standard InChI is InChI=1S/C23H22N2O6S/c1-12-8-15-20(32-13(2)24-15)11-17(12)31-21-7-6-16(30-21)23(26)25-22-18(28-4)9-14(27-3)10-19(22)29-5/h6-11H,1-5H3,(H,25,26). The lowest BCUT2D eigenvalue weighted by Gasteiger charge is -2.15. The van der Waals surface area contributed by atoms with Gasteiger partial charge in [0.25, 0.3) is 11.9 Å². The molecule has 4 rings (SSSR count). The molecule has 2 aromatic heterocycles. The third-order valence-corrected chi connectivity index (χ3v) is 5.69. The second kappa shape index (κ2) is 8.80. The lowest BCUT2D eigenvalue weighted by molar-refractivity contribution is 0.0991. The summed E-state index contributed by atoms with van der Waals surface area (Å²) in [5.41, 5.74) is 2.21. The van der Waals surface area contributed by atoms with Gasteiger partial charge < -0.3 is 28.7 Å². The summed E-state index contributed by atoms with van der Waals surface area (Å²) in [5.74, 6) is 1.75. The number of amides is 1. The lowest BCUT2D eigenvalue weighted by Crippen LogP contribution is -2.13. The predicted octanol–water partition coefficient (Wildman–Crippen LogP) is 5.58. The van der Waals surface area contributed by atoms with E-state index < -0.39 is 5.91 Å². The van der Waals surface area contributed by atoms with E-state index in [-0.39, 0.29) is 11.7 Å². The van der Waals surface area contributed by atoms with Gasteiger partial charge in [-0.15, -0.1) is 11.3 Å². The predicted molar refractivity (Wildman–Crippen MR) is 122 cm³/mol. The zero-order valence-corrected chi connectivity index (χ0v) is 19.1. The molecule has 166 valence electrons. The molecule has 4 aromatic rings. The normalized spacial score (nSPS) is 10.8. The number of fused-ring (bicyclic) bond motifs is 1. The van der Waals surface area contributed by atoms with Crippen LogP contribution in [0.5, 0.6) is 28.9 Å². The second-order valence-electron chi connectivity index (χ2n) is 6.90.